The van der Waals surface area contributed by atoms with Crippen LogP contribution >= 0.6 is 27.3 Å². The van der Waals surface area contributed by atoms with E-state index in [1.807, 2.05) is 18.4 Å². The van der Waals surface area contributed by atoms with Crippen molar-refractivity contribution in [2.45, 2.75) is 13.8 Å². The van der Waals surface area contributed by atoms with Crippen LogP contribution in [0.4, 0.5) is 0 Å². The summed E-state index contributed by atoms with van der Waals surface area (Å²) in [5.74, 6) is 0.446. The first-order valence-electron chi connectivity index (χ1n) is 8.53. The molecular formula is C22H15BrO4S. The molecule has 2 aromatic carbocycles. The molecule has 0 fully saturated rings. The number of aryl methyl sites for hydroxylation is 1. The van der Waals surface area contributed by atoms with E-state index in [9.17, 15) is 9.59 Å². The van der Waals surface area contributed by atoms with E-state index in [4.69, 9.17) is 9.47 Å². The molecule has 1 aliphatic heterocycles. The Morgan fingerprint density at radius 3 is 2.54 bits per heavy atom. The highest BCUT2D eigenvalue weighted by atomic mass is 79.9. The van der Waals surface area contributed by atoms with Crippen molar-refractivity contribution in [1.82, 2.24) is 0 Å². The Labute approximate surface area is 174 Å². The summed E-state index contributed by atoms with van der Waals surface area (Å²) in [5, 5.41) is 1.97. The van der Waals surface area contributed by atoms with E-state index in [1.165, 1.54) is 0 Å². The first kappa shape index (κ1) is 18.7. The van der Waals surface area contributed by atoms with Crippen LogP contribution in [0.15, 0.2) is 58.1 Å². The van der Waals surface area contributed by atoms with Gasteiger partial charge in [0, 0.05) is 21.0 Å². The number of carbonyl (C=O) groups is 2. The predicted octanol–water partition coefficient (Wildman–Crippen LogP) is 5.96. The van der Waals surface area contributed by atoms with Crippen molar-refractivity contribution < 1.29 is 19.1 Å². The fourth-order valence-corrected chi connectivity index (χ4v) is 3.99. The van der Waals surface area contributed by atoms with Crippen LogP contribution in [-0.2, 0) is 0 Å². The van der Waals surface area contributed by atoms with Gasteiger partial charge >= 0.3 is 5.97 Å². The molecule has 140 valence electrons. The number of allylic oxidation sites excluding steroid dienone is 1. The molecule has 4 nitrogen and oxygen atoms in total. The normalized spacial score (nSPS) is 14.1. The van der Waals surface area contributed by atoms with Gasteiger partial charge in [-0.15, -0.1) is 11.3 Å². The summed E-state index contributed by atoms with van der Waals surface area (Å²) < 4.78 is 12.3. The third kappa shape index (κ3) is 3.41. The lowest BCUT2D eigenvalue weighted by Gasteiger charge is -2.10. The largest absolute Gasteiger partial charge is 0.452 e. The van der Waals surface area contributed by atoms with Crippen LogP contribution in [0, 0.1) is 13.8 Å². The number of hydrogen-bond acceptors (Lipinski definition) is 5. The summed E-state index contributed by atoms with van der Waals surface area (Å²) >= 11 is 4.89. The van der Waals surface area contributed by atoms with E-state index >= 15 is 0 Å². The molecule has 4 rings (SSSR count). The number of benzene rings is 2. The maximum absolute atomic E-state index is 12.7. The average molecular weight is 455 g/mol. The van der Waals surface area contributed by atoms with Gasteiger partial charge in [0.15, 0.2) is 5.76 Å². The van der Waals surface area contributed by atoms with E-state index in [1.54, 1.807) is 60.7 Å². The molecule has 0 atom stereocenters. The minimum atomic E-state index is -0.468. The van der Waals surface area contributed by atoms with Crippen molar-refractivity contribution in [2.75, 3.05) is 0 Å². The first-order chi connectivity index (χ1) is 13.4. The lowest BCUT2D eigenvalue weighted by atomic mass is 10.1. The maximum atomic E-state index is 12.7. The van der Waals surface area contributed by atoms with Gasteiger partial charge < -0.3 is 9.47 Å². The van der Waals surface area contributed by atoms with Crippen molar-refractivity contribution >= 4 is 45.1 Å². The molecule has 0 radical (unpaired) electrons. The SMILES string of the molecule is Cc1ccsc1/C=C1\Oc2c(ccc(OC(=O)c3ccc(Br)cc3)c2C)C1=O. The number of esters is 1. The van der Waals surface area contributed by atoms with Crippen LogP contribution in [0.1, 0.15) is 36.7 Å². The van der Waals surface area contributed by atoms with Gasteiger partial charge in [0.25, 0.3) is 0 Å². The molecule has 0 N–H and O–H groups in total. The minimum Gasteiger partial charge on any atom is -0.452 e. The van der Waals surface area contributed by atoms with Crippen molar-refractivity contribution in [2.24, 2.45) is 0 Å². The molecule has 28 heavy (non-hydrogen) atoms. The number of halogens is 1. The predicted molar refractivity (Wildman–Crippen MR) is 112 cm³/mol. The molecular weight excluding hydrogens is 440 g/mol. The van der Waals surface area contributed by atoms with E-state index in [-0.39, 0.29) is 11.5 Å². The third-order valence-electron chi connectivity index (χ3n) is 4.48. The van der Waals surface area contributed by atoms with Gasteiger partial charge in [-0.05, 0) is 67.3 Å². The van der Waals surface area contributed by atoms with Crippen LogP contribution < -0.4 is 9.47 Å². The number of rotatable bonds is 3. The van der Waals surface area contributed by atoms with Gasteiger partial charge in [0.1, 0.15) is 11.5 Å². The zero-order valence-corrected chi connectivity index (χ0v) is 17.5. The van der Waals surface area contributed by atoms with Crippen molar-refractivity contribution in [1.29, 1.82) is 0 Å². The Kier molecular flexibility index (Phi) is 4.91. The molecule has 2 heterocycles. The lowest BCUT2D eigenvalue weighted by molar-refractivity contribution is 0.0733. The summed E-state index contributed by atoms with van der Waals surface area (Å²) in [5.41, 5.74) is 2.61. The topological polar surface area (TPSA) is 52.6 Å². The van der Waals surface area contributed by atoms with E-state index < -0.39 is 5.97 Å². The molecule has 1 aliphatic rings. The van der Waals surface area contributed by atoms with Gasteiger partial charge in [-0.25, -0.2) is 4.79 Å². The lowest BCUT2D eigenvalue weighted by Crippen LogP contribution is -2.09. The van der Waals surface area contributed by atoms with E-state index in [0.29, 0.717) is 28.2 Å². The van der Waals surface area contributed by atoms with E-state index in [0.717, 1.165) is 14.9 Å². The number of thiophene rings is 1. The second-order valence-corrected chi connectivity index (χ2v) is 8.23. The maximum Gasteiger partial charge on any atom is 0.343 e. The summed E-state index contributed by atoms with van der Waals surface area (Å²) in [6.07, 6.45) is 1.76. The Bertz CT molecular complexity index is 1130. The summed E-state index contributed by atoms with van der Waals surface area (Å²) in [6, 6.07) is 12.2. The van der Waals surface area contributed by atoms with Gasteiger partial charge in [-0.1, -0.05) is 15.9 Å². The van der Waals surface area contributed by atoms with Gasteiger partial charge in [0.05, 0.1) is 11.1 Å². The highest BCUT2D eigenvalue weighted by molar-refractivity contribution is 9.10. The fourth-order valence-electron chi connectivity index (χ4n) is 2.87. The Morgan fingerprint density at radius 2 is 1.86 bits per heavy atom. The van der Waals surface area contributed by atoms with Crippen LogP contribution in [0.25, 0.3) is 6.08 Å². The molecule has 0 amide bonds. The number of carbonyl (C=O) groups excluding carboxylic acids is 2. The summed E-state index contributed by atoms with van der Waals surface area (Å²) in [4.78, 5) is 26.1. The smallest absolute Gasteiger partial charge is 0.343 e. The molecule has 6 heteroatoms. The summed E-state index contributed by atoms with van der Waals surface area (Å²) in [6.45, 7) is 3.76. The van der Waals surface area contributed by atoms with Crippen molar-refractivity contribution in [3.63, 3.8) is 0 Å². The number of fused-ring (bicyclic) bond motifs is 1. The van der Waals surface area contributed by atoms with Crippen molar-refractivity contribution in [3.05, 3.63) is 85.2 Å². The third-order valence-corrected chi connectivity index (χ3v) is 5.98. The van der Waals surface area contributed by atoms with Crippen LogP contribution in [0.2, 0.25) is 0 Å². The van der Waals surface area contributed by atoms with Crippen LogP contribution in [0.3, 0.4) is 0 Å². The monoisotopic (exact) mass is 454 g/mol. The van der Waals surface area contributed by atoms with Crippen LogP contribution in [0.5, 0.6) is 11.5 Å². The minimum absolute atomic E-state index is 0.170. The highest BCUT2D eigenvalue weighted by Gasteiger charge is 2.30. The fraction of sp³-hybridized carbons (Fsp3) is 0.0909. The molecule has 3 aromatic rings. The quantitative estimate of drug-likeness (QED) is 0.278. The molecule has 0 saturated heterocycles. The standard InChI is InChI=1S/C22H15BrO4S/c1-12-9-10-28-19(12)11-18-20(24)16-7-8-17(13(2)21(16)26-18)27-22(25)14-3-5-15(23)6-4-14/h3-11H,1-2H3/b18-11-. The number of ketones is 1. The average Bonchev–Trinajstić information content (AvgIpc) is 3.22. The second-order valence-electron chi connectivity index (χ2n) is 6.37. The molecule has 0 saturated carbocycles. The molecule has 0 aliphatic carbocycles. The Morgan fingerprint density at radius 1 is 1.11 bits per heavy atom. The van der Waals surface area contributed by atoms with Crippen molar-refractivity contribution in [3.8, 4) is 11.5 Å². The zero-order chi connectivity index (χ0) is 19.8. The van der Waals surface area contributed by atoms with Gasteiger partial charge in [-0.3, -0.25) is 4.79 Å². The number of ether oxygens (including phenoxy) is 2. The zero-order valence-electron chi connectivity index (χ0n) is 15.1. The Balaban J connectivity index is 1.62. The highest BCUT2D eigenvalue weighted by Crippen LogP contribution is 2.40. The molecule has 1 aromatic heterocycles. The number of Topliss-reactive ketones (excluding diaryl/α,β-unsaturated/α-hetero) is 1. The molecule has 0 bridgehead atoms. The molecule has 0 unspecified atom stereocenters. The second kappa shape index (κ2) is 7.37. The van der Waals surface area contributed by atoms with Crippen LogP contribution in [-0.4, -0.2) is 11.8 Å². The van der Waals surface area contributed by atoms with Gasteiger partial charge in [-0.2, -0.15) is 0 Å². The molecule has 0 spiro atoms. The Hall–Kier alpha value is -2.70. The summed E-state index contributed by atoms with van der Waals surface area (Å²) in [7, 11) is 0. The first-order valence-corrected chi connectivity index (χ1v) is 10.2. The van der Waals surface area contributed by atoms with Gasteiger partial charge in [0.2, 0.25) is 5.78 Å². The number of hydrogen-bond donors (Lipinski definition) is 0. The van der Waals surface area contributed by atoms with E-state index in [2.05, 4.69) is 15.9 Å².